The number of benzene rings is 2. The molecule has 136 valence electrons. The summed E-state index contributed by atoms with van der Waals surface area (Å²) in [6, 6.07) is 5.64. The molecule has 0 aliphatic heterocycles. The second-order valence-corrected chi connectivity index (χ2v) is 7.37. The molecule has 0 spiro atoms. The van der Waals surface area contributed by atoms with Gasteiger partial charge in [0, 0.05) is 5.69 Å². The Kier molecular flexibility index (Phi) is 5.24. The van der Waals surface area contributed by atoms with Crippen molar-refractivity contribution in [3.8, 4) is 5.75 Å². The highest BCUT2D eigenvalue weighted by Crippen LogP contribution is 2.37. The fraction of sp³-hybridized carbons (Fsp3) is 0.250. The summed E-state index contributed by atoms with van der Waals surface area (Å²) in [4.78, 5) is -0.0469. The van der Waals surface area contributed by atoms with Crippen molar-refractivity contribution in [2.45, 2.75) is 24.9 Å². The number of methoxy groups -OCH3 is 1. The van der Waals surface area contributed by atoms with Crippen LogP contribution in [0.15, 0.2) is 35.2 Å². The van der Waals surface area contributed by atoms with Gasteiger partial charge in [0.25, 0.3) is 10.0 Å². The van der Waals surface area contributed by atoms with Crippen LogP contribution in [0.3, 0.4) is 0 Å². The van der Waals surface area contributed by atoms with Crippen molar-refractivity contribution < 1.29 is 26.3 Å². The summed E-state index contributed by atoms with van der Waals surface area (Å²) in [6.07, 6.45) is -4.69. The SMILES string of the molecule is COc1ccc(S(=O)(=O)Nc2ccc(Cl)c(C(F)(F)F)c2)c(C)c1C. The Labute approximate surface area is 148 Å². The second-order valence-electron chi connectivity index (χ2n) is 5.31. The van der Waals surface area contributed by atoms with E-state index in [4.69, 9.17) is 16.3 Å². The van der Waals surface area contributed by atoms with Crippen LogP contribution in [0.5, 0.6) is 5.75 Å². The highest BCUT2D eigenvalue weighted by Gasteiger charge is 2.33. The molecule has 0 radical (unpaired) electrons. The molecule has 0 atom stereocenters. The Bertz CT molecular complexity index is 912. The standard InChI is InChI=1S/C16H15ClF3NO3S/c1-9-10(2)15(7-6-14(9)24-3)25(22,23)21-11-4-5-13(17)12(8-11)16(18,19)20/h4-8,21H,1-3H3. The average molecular weight is 394 g/mol. The smallest absolute Gasteiger partial charge is 0.417 e. The van der Waals surface area contributed by atoms with Crippen molar-refractivity contribution >= 4 is 27.3 Å². The van der Waals surface area contributed by atoms with Gasteiger partial charge in [0.1, 0.15) is 5.75 Å². The lowest BCUT2D eigenvalue weighted by molar-refractivity contribution is -0.137. The molecule has 2 aromatic rings. The molecular formula is C16H15ClF3NO3S. The van der Waals surface area contributed by atoms with E-state index in [1.54, 1.807) is 13.8 Å². The third kappa shape index (κ3) is 4.01. The Morgan fingerprint density at radius 2 is 1.72 bits per heavy atom. The maximum Gasteiger partial charge on any atom is 0.417 e. The molecule has 0 aromatic heterocycles. The molecule has 0 fully saturated rings. The molecule has 1 N–H and O–H groups in total. The van der Waals surface area contributed by atoms with Crippen LogP contribution in [0.2, 0.25) is 5.02 Å². The molecule has 0 amide bonds. The lowest BCUT2D eigenvalue weighted by Crippen LogP contribution is -2.16. The predicted molar refractivity (Wildman–Crippen MR) is 89.7 cm³/mol. The Balaban J connectivity index is 2.45. The molecule has 0 aliphatic carbocycles. The van der Waals surface area contributed by atoms with E-state index in [1.807, 2.05) is 0 Å². The number of ether oxygens (including phenoxy) is 1. The minimum absolute atomic E-state index is 0.0469. The molecule has 0 aliphatic rings. The molecule has 2 aromatic carbocycles. The lowest BCUT2D eigenvalue weighted by Gasteiger charge is -2.15. The highest BCUT2D eigenvalue weighted by atomic mass is 35.5. The van der Waals surface area contributed by atoms with Crippen molar-refractivity contribution in [1.29, 1.82) is 0 Å². The van der Waals surface area contributed by atoms with Gasteiger partial charge in [-0.25, -0.2) is 8.42 Å². The monoisotopic (exact) mass is 393 g/mol. The number of anilines is 1. The number of halogens is 4. The van der Waals surface area contributed by atoms with Crippen molar-refractivity contribution in [2.24, 2.45) is 0 Å². The average Bonchev–Trinajstić information content (AvgIpc) is 2.50. The summed E-state index contributed by atoms with van der Waals surface area (Å²) >= 11 is 5.54. The maximum atomic E-state index is 12.9. The van der Waals surface area contributed by atoms with Crippen LogP contribution in [0, 0.1) is 13.8 Å². The fourth-order valence-corrected chi connectivity index (χ4v) is 3.87. The molecule has 0 unspecified atom stereocenters. The minimum Gasteiger partial charge on any atom is -0.496 e. The normalized spacial score (nSPS) is 12.1. The van der Waals surface area contributed by atoms with E-state index in [9.17, 15) is 21.6 Å². The number of alkyl halides is 3. The third-order valence-electron chi connectivity index (χ3n) is 3.72. The number of hydrogen-bond acceptors (Lipinski definition) is 3. The van der Waals surface area contributed by atoms with Gasteiger partial charge in [0.2, 0.25) is 0 Å². The van der Waals surface area contributed by atoms with Crippen LogP contribution in [0.1, 0.15) is 16.7 Å². The first-order valence-corrected chi connectivity index (χ1v) is 8.87. The first-order chi connectivity index (χ1) is 11.5. The molecule has 0 bridgehead atoms. The van der Waals surface area contributed by atoms with Crippen molar-refractivity contribution in [3.63, 3.8) is 0 Å². The van der Waals surface area contributed by atoms with Crippen LogP contribution >= 0.6 is 11.6 Å². The minimum atomic E-state index is -4.69. The molecule has 9 heteroatoms. The maximum absolute atomic E-state index is 12.9. The van der Waals surface area contributed by atoms with Crippen LogP contribution in [0.4, 0.5) is 18.9 Å². The summed E-state index contributed by atoms with van der Waals surface area (Å²) in [6.45, 7) is 3.28. The third-order valence-corrected chi connectivity index (χ3v) is 5.58. The topological polar surface area (TPSA) is 55.4 Å². The molecule has 0 heterocycles. The highest BCUT2D eigenvalue weighted by molar-refractivity contribution is 7.92. The van der Waals surface area contributed by atoms with Gasteiger partial charge >= 0.3 is 6.18 Å². The lowest BCUT2D eigenvalue weighted by atomic mass is 10.1. The summed E-state index contributed by atoms with van der Waals surface area (Å²) < 4.78 is 71.1. The number of sulfonamides is 1. The van der Waals surface area contributed by atoms with Gasteiger partial charge in [-0.2, -0.15) is 13.2 Å². The fourth-order valence-electron chi connectivity index (χ4n) is 2.30. The second kappa shape index (κ2) is 6.76. The zero-order valence-electron chi connectivity index (χ0n) is 13.5. The van der Waals surface area contributed by atoms with Crippen molar-refractivity contribution in [3.05, 3.63) is 52.0 Å². The number of nitrogens with one attached hydrogen (secondary N) is 1. The van der Waals surface area contributed by atoms with Crippen LogP contribution < -0.4 is 9.46 Å². The van der Waals surface area contributed by atoms with E-state index in [-0.39, 0.29) is 10.6 Å². The quantitative estimate of drug-likeness (QED) is 0.812. The Morgan fingerprint density at radius 3 is 2.28 bits per heavy atom. The van der Waals surface area contributed by atoms with Crippen LogP contribution in [-0.4, -0.2) is 15.5 Å². The van der Waals surface area contributed by atoms with Gasteiger partial charge in [-0.15, -0.1) is 0 Å². The van der Waals surface area contributed by atoms with E-state index >= 15 is 0 Å². The van der Waals surface area contributed by atoms with E-state index in [1.165, 1.54) is 25.3 Å². The summed E-state index contributed by atoms with van der Waals surface area (Å²) in [5.74, 6) is 0.516. The first kappa shape index (κ1) is 19.4. The molecular weight excluding hydrogens is 379 g/mol. The van der Waals surface area contributed by atoms with Gasteiger partial charge in [-0.3, -0.25) is 4.72 Å². The van der Waals surface area contributed by atoms with E-state index in [2.05, 4.69) is 4.72 Å². The number of hydrogen-bond donors (Lipinski definition) is 1. The summed E-state index contributed by atoms with van der Waals surface area (Å²) in [7, 11) is -2.62. The van der Waals surface area contributed by atoms with Crippen molar-refractivity contribution in [2.75, 3.05) is 11.8 Å². The zero-order chi connectivity index (χ0) is 19.0. The molecule has 0 saturated carbocycles. The summed E-state index contributed by atoms with van der Waals surface area (Å²) in [5.41, 5.74) is -0.282. The number of rotatable bonds is 4. The van der Waals surface area contributed by atoms with E-state index < -0.39 is 26.8 Å². The van der Waals surface area contributed by atoms with E-state index in [0.717, 1.165) is 6.07 Å². The largest absolute Gasteiger partial charge is 0.496 e. The van der Waals surface area contributed by atoms with Gasteiger partial charge in [0.15, 0.2) is 0 Å². The molecule has 0 saturated heterocycles. The Hall–Kier alpha value is -1.93. The van der Waals surface area contributed by atoms with Gasteiger partial charge < -0.3 is 4.74 Å². The van der Waals surface area contributed by atoms with Crippen molar-refractivity contribution in [1.82, 2.24) is 0 Å². The molecule has 2 rings (SSSR count). The summed E-state index contributed by atoms with van der Waals surface area (Å²) in [5, 5.41) is -0.507. The predicted octanol–water partition coefficient (Wildman–Crippen LogP) is 4.79. The van der Waals surface area contributed by atoms with Crippen LogP contribution in [-0.2, 0) is 16.2 Å². The molecule has 25 heavy (non-hydrogen) atoms. The Morgan fingerprint density at radius 1 is 1.08 bits per heavy atom. The van der Waals surface area contributed by atoms with Gasteiger partial charge in [0.05, 0.1) is 22.6 Å². The first-order valence-electron chi connectivity index (χ1n) is 7.01. The van der Waals surface area contributed by atoms with Gasteiger partial charge in [-0.05, 0) is 55.3 Å². The van der Waals surface area contributed by atoms with E-state index in [0.29, 0.717) is 22.9 Å². The van der Waals surface area contributed by atoms with Crippen LogP contribution in [0.25, 0.3) is 0 Å². The molecule has 4 nitrogen and oxygen atoms in total. The van der Waals surface area contributed by atoms with Gasteiger partial charge in [-0.1, -0.05) is 11.6 Å². The zero-order valence-corrected chi connectivity index (χ0v) is 15.1.